The van der Waals surface area contributed by atoms with Gasteiger partial charge in [-0.1, -0.05) is 60.1 Å². The van der Waals surface area contributed by atoms with E-state index in [1.807, 2.05) is 37.3 Å². The monoisotopic (exact) mass is 332 g/mol. The Hall–Kier alpha value is -1.12. The number of halogens is 1. The van der Waals surface area contributed by atoms with Crippen molar-refractivity contribution in [1.29, 1.82) is 0 Å². The number of aliphatic hydroxyl groups excluding tert-OH is 1. The molecule has 0 amide bonds. The van der Waals surface area contributed by atoms with E-state index in [0.717, 1.165) is 27.6 Å². The van der Waals surface area contributed by atoms with Gasteiger partial charge in [0, 0.05) is 4.47 Å². The van der Waals surface area contributed by atoms with Gasteiger partial charge >= 0.3 is 0 Å². The van der Waals surface area contributed by atoms with E-state index in [4.69, 9.17) is 0 Å². The molecular formula is C18H21BrO. The van der Waals surface area contributed by atoms with E-state index in [0.29, 0.717) is 5.92 Å². The Labute approximate surface area is 129 Å². The maximum Gasteiger partial charge on any atom is 0.104 e. The fraction of sp³-hybridized carbons (Fsp3) is 0.333. The highest BCUT2D eigenvalue weighted by molar-refractivity contribution is 9.10. The first-order valence-electron chi connectivity index (χ1n) is 7.00. The number of hydrogen-bond donors (Lipinski definition) is 1. The molecule has 20 heavy (non-hydrogen) atoms. The molecule has 2 heteroatoms. The second kappa shape index (κ2) is 6.55. The van der Waals surface area contributed by atoms with Crippen LogP contribution in [-0.4, -0.2) is 5.11 Å². The van der Waals surface area contributed by atoms with Gasteiger partial charge in [-0.15, -0.1) is 0 Å². The van der Waals surface area contributed by atoms with Crippen LogP contribution in [0.1, 0.15) is 42.2 Å². The van der Waals surface area contributed by atoms with Crippen LogP contribution in [0.4, 0.5) is 0 Å². The number of aryl methyl sites for hydroxylation is 1. The van der Waals surface area contributed by atoms with Crippen molar-refractivity contribution < 1.29 is 5.11 Å². The largest absolute Gasteiger partial charge is 0.384 e. The van der Waals surface area contributed by atoms with Crippen LogP contribution in [-0.2, 0) is 6.42 Å². The molecule has 1 atom stereocenters. The maximum atomic E-state index is 10.5. The lowest BCUT2D eigenvalue weighted by Crippen LogP contribution is -2.03. The number of benzene rings is 2. The van der Waals surface area contributed by atoms with Crippen LogP contribution in [0.3, 0.4) is 0 Å². The zero-order valence-corrected chi connectivity index (χ0v) is 13.8. The topological polar surface area (TPSA) is 20.2 Å². The molecule has 2 aromatic carbocycles. The molecule has 1 unspecified atom stereocenters. The van der Waals surface area contributed by atoms with Crippen molar-refractivity contribution in [2.75, 3.05) is 0 Å². The molecule has 0 fully saturated rings. The highest BCUT2D eigenvalue weighted by Crippen LogP contribution is 2.27. The first-order valence-corrected chi connectivity index (χ1v) is 7.79. The van der Waals surface area contributed by atoms with Gasteiger partial charge in [-0.25, -0.2) is 0 Å². The second-order valence-electron chi connectivity index (χ2n) is 5.74. The van der Waals surface area contributed by atoms with E-state index in [1.54, 1.807) is 0 Å². The quantitative estimate of drug-likeness (QED) is 0.831. The molecule has 0 heterocycles. The molecular weight excluding hydrogens is 312 g/mol. The van der Waals surface area contributed by atoms with E-state index in [9.17, 15) is 5.11 Å². The van der Waals surface area contributed by atoms with Crippen molar-refractivity contribution in [1.82, 2.24) is 0 Å². The fourth-order valence-corrected chi connectivity index (χ4v) is 2.77. The normalized spacial score (nSPS) is 12.7. The van der Waals surface area contributed by atoms with Crippen molar-refractivity contribution in [2.24, 2.45) is 5.92 Å². The molecule has 0 aliphatic heterocycles. The van der Waals surface area contributed by atoms with Gasteiger partial charge in [0.1, 0.15) is 6.10 Å². The van der Waals surface area contributed by atoms with Gasteiger partial charge in [-0.3, -0.25) is 0 Å². The molecule has 1 nitrogen and oxygen atoms in total. The Morgan fingerprint density at radius 3 is 2.30 bits per heavy atom. The fourth-order valence-electron chi connectivity index (χ4n) is 2.39. The molecule has 0 aliphatic carbocycles. The Morgan fingerprint density at radius 2 is 1.70 bits per heavy atom. The minimum Gasteiger partial charge on any atom is -0.384 e. The summed E-state index contributed by atoms with van der Waals surface area (Å²) in [6.45, 7) is 6.46. The molecule has 0 saturated carbocycles. The Kier molecular flexibility index (Phi) is 5.00. The van der Waals surface area contributed by atoms with Gasteiger partial charge in [0.05, 0.1) is 0 Å². The first-order chi connectivity index (χ1) is 9.47. The molecule has 0 aromatic heterocycles. The lowest BCUT2D eigenvalue weighted by molar-refractivity contribution is 0.219. The van der Waals surface area contributed by atoms with Crippen LogP contribution < -0.4 is 0 Å². The molecule has 0 radical (unpaired) electrons. The van der Waals surface area contributed by atoms with Gasteiger partial charge in [-0.05, 0) is 53.6 Å². The minimum atomic E-state index is -0.569. The SMILES string of the molecule is Cc1ccc(Br)cc1C(O)c1ccc(CC(C)C)cc1. The average Bonchev–Trinajstić information content (AvgIpc) is 2.41. The highest BCUT2D eigenvalue weighted by Gasteiger charge is 2.13. The van der Waals surface area contributed by atoms with Crippen LogP contribution in [0.2, 0.25) is 0 Å². The second-order valence-corrected chi connectivity index (χ2v) is 6.66. The summed E-state index contributed by atoms with van der Waals surface area (Å²) < 4.78 is 0.994. The summed E-state index contributed by atoms with van der Waals surface area (Å²) in [4.78, 5) is 0. The summed E-state index contributed by atoms with van der Waals surface area (Å²) in [5.74, 6) is 0.651. The van der Waals surface area contributed by atoms with Crippen LogP contribution in [0.5, 0.6) is 0 Å². The summed E-state index contributed by atoms with van der Waals surface area (Å²) in [5.41, 5.74) is 4.32. The molecule has 106 valence electrons. The summed E-state index contributed by atoms with van der Waals surface area (Å²) in [6, 6.07) is 14.3. The molecule has 0 spiro atoms. The molecule has 1 N–H and O–H groups in total. The summed E-state index contributed by atoms with van der Waals surface area (Å²) >= 11 is 3.46. The average molecular weight is 333 g/mol. The predicted molar refractivity (Wildman–Crippen MR) is 87.9 cm³/mol. The predicted octanol–water partition coefficient (Wildman–Crippen LogP) is 5.04. The standard InChI is InChI=1S/C18H21BrO/c1-12(2)10-14-5-7-15(8-6-14)18(20)17-11-16(19)9-4-13(17)3/h4-9,11-12,18,20H,10H2,1-3H3. The van der Waals surface area contributed by atoms with E-state index in [2.05, 4.69) is 41.9 Å². The zero-order valence-electron chi connectivity index (χ0n) is 12.2. The Balaban J connectivity index is 2.24. The van der Waals surface area contributed by atoms with E-state index < -0.39 is 6.10 Å². The van der Waals surface area contributed by atoms with Crippen LogP contribution in [0.25, 0.3) is 0 Å². The zero-order chi connectivity index (χ0) is 14.7. The van der Waals surface area contributed by atoms with Gasteiger partial charge in [-0.2, -0.15) is 0 Å². The number of hydrogen-bond acceptors (Lipinski definition) is 1. The smallest absolute Gasteiger partial charge is 0.104 e. The molecule has 0 aliphatic rings. The summed E-state index contributed by atoms with van der Waals surface area (Å²) in [6.07, 6.45) is 0.507. The molecule has 2 rings (SSSR count). The highest BCUT2D eigenvalue weighted by atomic mass is 79.9. The Morgan fingerprint density at radius 1 is 1.05 bits per heavy atom. The molecule has 0 saturated heterocycles. The van der Waals surface area contributed by atoms with E-state index in [1.165, 1.54) is 5.56 Å². The third-order valence-corrected chi connectivity index (χ3v) is 3.97. The summed E-state index contributed by atoms with van der Waals surface area (Å²) in [7, 11) is 0. The van der Waals surface area contributed by atoms with Crippen LogP contribution >= 0.6 is 15.9 Å². The van der Waals surface area contributed by atoms with E-state index in [-0.39, 0.29) is 0 Å². The number of rotatable bonds is 4. The maximum absolute atomic E-state index is 10.5. The van der Waals surface area contributed by atoms with Crippen molar-refractivity contribution in [3.63, 3.8) is 0 Å². The van der Waals surface area contributed by atoms with E-state index >= 15 is 0 Å². The summed E-state index contributed by atoms with van der Waals surface area (Å²) in [5, 5.41) is 10.5. The van der Waals surface area contributed by atoms with Crippen molar-refractivity contribution in [3.8, 4) is 0 Å². The van der Waals surface area contributed by atoms with Gasteiger partial charge in [0.25, 0.3) is 0 Å². The van der Waals surface area contributed by atoms with Gasteiger partial charge < -0.3 is 5.11 Å². The van der Waals surface area contributed by atoms with Crippen molar-refractivity contribution in [3.05, 3.63) is 69.2 Å². The van der Waals surface area contributed by atoms with Gasteiger partial charge in [0.2, 0.25) is 0 Å². The Bertz CT molecular complexity index is 572. The van der Waals surface area contributed by atoms with Crippen molar-refractivity contribution >= 4 is 15.9 Å². The van der Waals surface area contributed by atoms with Crippen LogP contribution in [0.15, 0.2) is 46.9 Å². The van der Waals surface area contributed by atoms with Crippen molar-refractivity contribution in [2.45, 2.75) is 33.3 Å². The van der Waals surface area contributed by atoms with Crippen LogP contribution in [0, 0.1) is 12.8 Å². The first kappa shape index (κ1) is 15.3. The molecule has 2 aromatic rings. The number of aliphatic hydroxyl groups is 1. The minimum absolute atomic E-state index is 0.569. The third-order valence-electron chi connectivity index (χ3n) is 3.48. The van der Waals surface area contributed by atoms with Gasteiger partial charge in [0.15, 0.2) is 0 Å². The lowest BCUT2D eigenvalue weighted by atomic mass is 9.95. The molecule has 0 bridgehead atoms. The lowest BCUT2D eigenvalue weighted by Gasteiger charge is -2.15. The third kappa shape index (κ3) is 3.71.